The first-order valence-corrected chi connectivity index (χ1v) is 9.50. The normalized spacial score (nSPS) is 14.2. The van der Waals surface area contributed by atoms with Gasteiger partial charge in [0.2, 0.25) is 11.8 Å². The van der Waals surface area contributed by atoms with Crippen LogP contribution in [0.3, 0.4) is 0 Å². The van der Waals surface area contributed by atoms with E-state index in [1.807, 2.05) is 38.3 Å². The fraction of sp³-hybridized carbons (Fsp3) is 0.421. The number of benzene rings is 1. The van der Waals surface area contributed by atoms with Crippen molar-refractivity contribution in [2.24, 2.45) is 0 Å². The first-order valence-electron chi connectivity index (χ1n) is 8.62. The standard InChI is InChI=1S/C19H23N3O2S/c1-4-21(16-8-7-13(2)10-14(16)3)18(24)11-15-12-25-19(20-15)22-9-5-6-17(22)23/h7-8,10,12H,4-6,9,11H2,1-3H3. The first kappa shape index (κ1) is 17.6. The molecule has 1 aliphatic heterocycles. The summed E-state index contributed by atoms with van der Waals surface area (Å²) in [4.78, 5) is 32.6. The van der Waals surface area contributed by atoms with Crippen LogP contribution >= 0.6 is 11.3 Å². The third-order valence-corrected chi connectivity index (χ3v) is 5.35. The fourth-order valence-electron chi connectivity index (χ4n) is 3.19. The van der Waals surface area contributed by atoms with Crippen LogP contribution in [0, 0.1) is 13.8 Å². The number of aryl methyl sites for hydroxylation is 2. The summed E-state index contributed by atoms with van der Waals surface area (Å²) in [5, 5.41) is 2.59. The molecule has 1 saturated heterocycles. The maximum Gasteiger partial charge on any atom is 0.233 e. The van der Waals surface area contributed by atoms with E-state index in [1.54, 1.807) is 9.80 Å². The van der Waals surface area contributed by atoms with Gasteiger partial charge in [-0.1, -0.05) is 17.7 Å². The summed E-state index contributed by atoms with van der Waals surface area (Å²) in [6.45, 7) is 7.39. The molecule has 2 aromatic rings. The molecular formula is C19H23N3O2S. The van der Waals surface area contributed by atoms with E-state index in [1.165, 1.54) is 16.9 Å². The maximum atomic E-state index is 12.8. The van der Waals surface area contributed by atoms with Crippen LogP contribution in [-0.2, 0) is 16.0 Å². The number of hydrogen-bond acceptors (Lipinski definition) is 4. The van der Waals surface area contributed by atoms with Gasteiger partial charge in [0, 0.05) is 30.6 Å². The highest BCUT2D eigenvalue weighted by molar-refractivity contribution is 7.14. The van der Waals surface area contributed by atoms with Gasteiger partial charge in [-0.25, -0.2) is 4.98 Å². The average molecular weight is 357 g/mol. The lowest BCUT2D eigenvalue weighted by Crippen LogP contribution is -2.32. The van der Waals surface area contributed by atoms with Crippen LogP contribution in [0.5, 0.6) is 0 Å². The molecule has 0 spiro atoms. The predicted molar refractivity (Wildman–Crippen MR) is 101 cm³/mol. The topological polar surface area (TPSA) is 53.5 Å². The lowest BCUT2D eigenvalue weighted by Gasteiger charge is -2.23. The predicted octanol–water partition coefficient (Wildman–Crippen LogP) is 3.48. The zero-order chi connectivity index (χ0) is 18.0. The van der Waals surface area contributed by atoms with E-state index < -0.39 is 0 Å². The van der Waals surface area contributed by atoms with Crippen molar-refractivity contribution in [1.82, 2.24) is 4.98 Å². The highest BCUT2D eigenvalue weighted by Gasteiger charge is 2.25. The molecule has 1 aliphatic rings. The molecule has 1 aromatic carbocycles. The van der Waals surface area contributed by atoms with E-state index in [0.717, 1.165) is 29.9 Å². The van der Waals surface area contributed by atoms with E-state index in [9.17, 15) is 9.59 Å². The Morgan fingerprint density at radius 3 is 2.80 bits per heavy atom. The van der Waals surface area contributed by atoms with E-state index in [4.69, 9.17) is 0 Å². The number of hydrogen-bond donors (Lipinski definition) is 0. The fourth-order valence-corrected chi connectivity index (χ4v) is 4.06. The Bertz CT molecular complexity index is 800. The molecule has 2 amide bonds. The largest absolute Gasteiger partial charge is 0.312 e. The van der Waals surface area contributed by atoms with Gasteiger partial charge in [-0.2, -0.15) is 0 Å². The molecule has 6 heteroatoms. The van der Waals surface area contributed by atoms with Gasteiger partial charge in [0.15, 0.2) is 5.13 Å². The van der Waals surface area contributed by atoms with Crippen molar-refractivity contribution in [3.8, 4) is 0 Å². The number of nitrogens with zero attached hydrogens (tertiary/aromatic N) is 3. The van der Waals surface area contributed by atoms with Crippen LogP contribution in [0.15, 0.2) is 23.6 Å². The second-order valence-corrected chi connectivity index (χ2v) is 7.21. The second kappa shape index (κ2) is 7.35. The molecular weight excluding hydrogens is 334 g/mol. The third kappa shape index (κ3) is 3.74. The molecule has 1 aromatic heterocycles. The van der Waals surface area contributed by atoms with Gasteiger partial charge < -0.3 is 4.90 Å². The Hall–Kier alpha value is -2.21. The molecule has 0 bridgehead atoms. The Balaban J connectivity index is 1.74. The molecule has 132 valence electrons. The number of thiazole rings is 1. The van der Waals surface area contributed by atoms with Crippen LogP contribution in [0.1, 0.15) is 36.6 Å². The third-order valence-electron chi connectivity index (χ3n) is 4.44. The van der Waals surface area contributed by atoms with E-state index >= 15 is 0 Å². The lowest BCUT2D eigenvalue weighted by molar-refractivity contribution is -0.118. The Labute approximate surface area is 152 Å². The van der Waals surface area contributed by atoms with Crippen LogP contribution in [0.4, 0.5) is 10.8 Å². The van der Waals surface area contributed by atoms with Gasteiger partial charge in [0.25, 0.3) is 0 Å². The number of amides is 2. The van der Waals surface area contributed by atoms with Crippen molar-refractivity contribution in [1.29, 1.82) is 0 Å². The molecule has 2 heterocycles. The molecule has 0 radical (unpaired) electrons. The number of likely N-dealkylation sites (N-methyl/N-ethyl adjacent to an activating group) is 1. The molecule has 5 nitrogen and oxygen atoms in total. The monoisotopic (exact) mass is 357 g/mol. The molecule has 1 fully saturated rings. The summed E-state index contributed by atoms with van der Waals surface area (Å²) in [5.74, 6) is 0.150. The van der Waals surface area contributed by atoms with Gasteiger partial charge in [0.05, 0.1) is 12.1 Å². The molecule has 3 rings (SSSR count). The van der Waals surface area contributed by atoms with Crippen LogP contribution in [0.25, 0.3) is 0 Å². The molecule has 0 atom stereocenters. The Morgan fingerprint density at radius 2 is 2.16 bits per heavy atom. The minimum atomic E-state index is 0.0269. The lowest BCUT2D eigenvalue weighted by atomic mass is 10.1. The van der Waals surface area contributed by atoms with Crippen LogP contribution < -0.4 is 9.80 Å². The highest BCUT2D eigenvalue weighted by atomic mass is 32.1. The summed E-state index contributed by atoms with van der Waals surface area (Å²) < 4.78 is 0. The number of rotatable bonds is 5. The Morgan fingerprint density at radius 1 is 1.36 bits per heavy atom. The SMILES string of the molecule is CCN(C(=O)Cc1csc(N2CCCC2=O)n1)c1ccc(C)cc1C. The number of aromatic nitrogens is 1. The van der Waals surface area contributed by atoms with Crippen LogP contribution in [-0.4, -0.2) is 29.9 Å². The van der Waals surface area contributed by atoms with Crippen molar-refractivity contribution >= 4 is 34.0 Å². The van der Waals surface area contributed by atoms with Crippen molar-refractivity contribution in [3.63, 3.8) is 0 Å². The van der Waals surface area contributed by atoms with Gasteiger partial charge in [-0.15, -0.1) is 11.3 Å². The summed E-state index contributed by atoms with van der Waals surface area (Å²) >= 11 is 1.44. The number of carbonyl (C=O) groups excluding carboxylic acids is 2. The van der Waals surface area contributed by atoms with Crippen LogP contribution in [0.2, 0.25) is 0 Å². The molecule has 0 N–H and O–H groups in total. The summed E-state index contributed by atoms with van der Waals surface area (Å²) in [6, 6.07) is 6.12. The summed E-state index contributed by atoms with van der Waals surface area (Å²) in [6.07, 6.45) is 1.72. The zero-order valence-corrected chi connectivity index (χ0v) is 15.7. The average Bonchev–Trinajstić information content (AvgIpc) is 3.18. The summed E-state index contributed by atoms with van der Waals surface area (Å²) in [5.41, 5.74) is 3.96. The highest BCUT2D eigenvalue weighted by Crippen LogP contribution is 2.26. The molecule has 0 saturated carbocycles. The number of anilines is 2. The smallest absolute Gasteiger partial charge is 0.233 e. The molecule has 0 unspecified atom stereocenters. The summed E-state index contributed by atoms with van der Waals surface area (Å²) in [7, 11) is 0. The van der Waals surface area contributed by atoms with Crippen molar-refractivity contribution in [3.05, 3.63) is 40.4 Å². The first-order chi connectivity index (χ1) is 12.0. The quantitative estimate of drug-likeness (QED) is 0.823. The van der Waals surface area contributed by atoms with Crippen molar-refractivity contribution in [2.45, 2.75) is 40.0 Å². The minimum absolute atomic E-state index is 0.0269. The van der Waals surface area contributed by atoms with E-state index in [2.05, 4.69) is 11.1 Å². The molecule has 0 aliphatic carbocycles. The van der Waals surface area contributed by atoms with Gasteiger partial charge >= 0.3 is 0 Å². The van der Waals surface area contributed by atoms with E-state index in [0.29, 0.717) is 18.1 Å². The van der Waals surface area contributed by atoms with Gasteiger partial charge in [-0.05, 0) is 38.8 Å². The maximum absolute atomic E-state index is 12.8. The molecule has 25 heavy (non-hydrogen) atoms. The van der Waals surface area contributed by atoms with Crippen molar-refractivity contribution < 1.29 is 9.59 Å². The second-order valence-electron chi connectivity index (χ2n) is 6.38. The minimum Gasteiger partial charge on any atom is -0.312 e. The Kier molecular flexibility index (Phi) is 5.18. The van der Waals surface area contributed by atoms with Gasteiger partial charge in [0.1, 0.15) is 0 Å². The zero-order valence-electron chi connectivity index (χ0n) is 14.9. The van der Waals surface area contributed by atoms with Crippen molar-refractivity contribution in [2.75, 3.05) is 22.9 Å². The van der Waals surface area contributed by atoms with E-state index in [-0.39, 0.29) is 18.2 Å². The van der Waals surface area contributed by atoms with Gasteiger partial charge in [-0.3, -0.25) is 14.5 Å². The number of carbonyl (C=O) groups is 2.